The number of rotatable bonds is 6. The van der Waals surface area contributed by atoms with Gasteiger partial charge in [0, 0.05) is 6.42 Å². The third-order valence-corrected chi connectivity index (χ3v) is 2.47. The van der Waals surface area contributed by atoms with E-state index in [0.717, 1.165) is 6.42 Å². The predicted octanol–water partition coefficient (Wildman–Crippen LogP) is 1.48. The maximum absolute atomic E-state index is 11.5. The van der Waals surface area contributed by atoms with Crippen molar-refractivity contribution in [2.75, 3.05) is 0 Å². The van der Waals surface area contributed by atoms with Crippen LogP contribution in [0.15, 0.2) is 0 Å². The molecule has 0 aliphatic rings. The van der Waals surface area contributed by atoms with Gasteiger partial charge in [-0.1, -0.05) is 6.92 Å². The van der Waals surface area contributed by atoms with Crippen molar-refractivity contribution in [3.05, 3.63) is 0 Å². The van der Waals surface area contributed by atoms with Crippen molar-refractivity contribution in [1.82, 2.24) is 5.32 Å². The Morgan fingerprint density at radius 3 is 1.88 bits per heavy atom. The van der Waals surface area contributed by atoms with Gasteiger partial charge in [-0.15, -0.1) is 0 Å². The summed E-state index contributed by atoms with van der Waals surface area (Å²) in [5.74, 6) is -1.32. The van der Waals surface area contributed by atoms with E-state index in [1.165, 1.54) is 13.8 Å². The maximum atomic E-state index is 11.5. The van der Waals surface area contributed by atoms with Crippen LogP contribution in [0.1, 0.15) is 47.5 Å². The first-order chi connectivity index (χ1) is 7.22. The van der Waals surface area contributed by atoms with Crippen LogP contribution in [0.25, 0.3) is 0 Å². The van der Waals surface area contributed by atoms with Crippen molar-refractivity contribution in [1.29, 1.82) is 0 Å². The van der Waals surface area contributed by atoms with Crippen molar-refractivity contribution in [3.63, 3.8) is 0 Å². The lowest BCUT2D eigenvalue weighted by Crippen LogP contribution is -2.53. The first-order valence-corrected chi connectivity index (χ1v) is 5.54. The Hall–Kier alpha value is -1.19. The second-order valence-corrected chi connectivity index (χ2v) is 4.67. The molecule has 4 nitrogen and oxygen atoms in total. The molecule has 0 aromatic rings. The van der Waals surface area contributed by atoms with E-state index in [9.17, 15) is 14.4 Å². The smallest absolute Gasteiger partial charge is 0.220 e. The van der Waals surface area contributed by atoms with Crippen LogP contribution in [-0.2, 0) is 14.4 Å². The minimum Gasteiger partial charge on any atom is -0.350 e. The van der Waals surface area contributed by atoms with Gasteiger partial charge in [-0.2, -0.15) is 0 Å². The van der Waals surface area contributed by atoms with Gasteiger partial charge in [0.1, 0.15) is 11.6 Å². The molecule has 0 fully saturated rings. The molecule has 0 saturated carbocycles. The second kappa shape index (κ2) is 5.77. The van der Waals surface area contributed by atoms with Gasteiger partial charge in [-0.05, 0) is 34.1 Å². The van der Waals surface area contributed by atoms with Gasteiger partial charge < -0.3 is 5.32 Å². The number of Topliss-reactive ketones (excluding diaryl/α,β-unsaturated/α-hetero) is 2. The zero-order chi connectivity index (χ0) is 12.9. The molecular weight excluding hydrogens is 206 g/mol. The molecule has 0 rings (SSSR count). The summed E-state index contributed by atoms with van der Waals surface area (Å²) in [4.78, 5) is 34.3. The Morgan fingerprint density at radius 1 is 1.12 bits per heavy atom. The van der Waals surface area contributed by atoms with Crippen LogP contribution in [-0.4, -0.2) is 23.0 Å². The molecule has 0 aromatic carbocycles. The molecular formula is C12H21NO3. The number of hydrogen-bond acceptors (Lipinski definition) is 3. The minimum atomic E-state index is -0.816. The third-order valence-electron chi connectivity index (χ3n) is 2.47. The highest BCUT2D eigenvalue weighted by molar-refractivity contribution is 6.02. The van der Waals surface area contributed by atoms with E-state index in [1.807, 2.05) is 6.92 Å². The van der Waals surface area contributed by atoms with E-state index in [1.54, 1.807) is 13.8 Å². The van der Waals surface area contributed by atoms with Crippen molar-refractivity contribution in [2.45, 2.75) is 53.0 Å². The van der Waals surface area contributed by atoms with Crippen LogP contribution in [0.3, 0.4) is 0 Å². The summed E-state index contributed by atoms with van der Waals surface area (Å²) in [6.07, 6.45) is 1.15. The lowest BCUT2D eigenvalue weighted by atomic mass is 9.81. The summed E-state index contributed by atoms with van der Waals surface area (Å²) in [6, 6.07) is 0. The second-order valence-electron chi connectivity index (χ2n) is 4.67. The number of hydrogen-bond donors (Lipinski definition) is 1. The third kappa shape index (κ3) is 4.13. The van der Waals surface area contributed by atoms with Gasteiger partial charge >= 0.3 is 0 Å². The molecule has 0 radical (unpaired) electrons. The quantitative estimate of drug-likeness (QED) is 0.699. The molecule has 0 heterocycles. The van der Waals surface area contributed by atoms with Gasteiger partial charge in [0.25, 0.3) is 0 Å². The standard InChI is InChI=1S/C12H21NO3/c1-6-7-10(16)13-12(4,5)11(8(2)14)9(3)15/h11H,6-7H2,1-5H3,(H,13,16). The number of ketones is 2. The van der Waals surface area contributed by atoms with E-state index in [0.29, 0.717) is 6.42 Å². The molecule has 92 valence electrons. The summed E-state index contributed by atoms with van der Waals surface area (Å²) >= 11 is 0. The Balaban J connectivity index is 4.79. The lowest BCUT2D eigenvalue weighted by Gasteiger charge is -2.32. The van der Waals surface area contributed by atoms with Crippen LogP contribution in [0, 0.1) is 5.92 Å². The van der Waals surface area contributed by atoms with Crippen LogP contribution < -0.4 is 5.32 Å². The molecule has 0 spiro atoms. The molecule has 4 heteroatoms. The summed E-state index contributed by atoms with van der Waals surface area (Å²) < 4.78 is 0. The van der Waals surface area contributed by atoms with Gasteiger partial charge in [0.05, 0.1) is 11.5 Å². The maximum Gasteiger partial charge on any atom is 0.220 e. The molecule has 1 amide bonds. The summed E-state index contributed by atoms with van der Waals surface area (Å²) in [7, 11) is 0. The van der Waals surface area contributed by atoms with E-state index in [2.05, 4.69) is 5.32 Å². The highest BCUT2D eigenvalue weighted by Crippen LogP contribution is 2.19. The van der Waals surface area contributed by atoms with E-state index in [-0.39, 0.29) is 17.5 Å². The van der Waals surface area contributed by atoms with Crippen molar-refractivity contribution in [3.8, 4) is 0 Å². The molecule has 0 aliphatic carbocycles. The molecule has 0 saturated heterocycles. The Labute approximate surface area is 96.8 Å². The van der Waals surface area contributed by atoms with Crippen LogP contribution in [0.4, 0.5) is 0 Å². The monoisotopic (exact) mass is 227 g/mol. The van der Waals surface area contributed by atoms with Crippen LogP contribution >= 0.6 is 0 Å². The molecule has 0 atom stereocenters. The predicted molar refractivity (Wildman–Crippen MR) is 62.0 cm³/mol. The molecule has 0 bridgehead atoms. The van der Waals surface area contributed by atoms with Crippen molar-refractivity contribution in [2.24, 2.45) is 5.92 Å². The normalized spacial score (nSPS) is 11.4. The molecule has 0 aromatic heterocycles. The van der Waals surface area contributed by atoms with Gasteiger partial charge in [-0.25, -0.2) is 0 Å². The Morgan fingerprint density at radius 2 is 1.56 bits per heavy atom. The molecule has 0 aliphatic heterocycles. The number of nitrogens with one attached hydrogen (secondary N) is 1. The van der Waals surface area contributed by atoms with Gasteiger partial charge in [0.15, 0.2) is 0 Å². The molecule has 1 N–H and O–H groups in total. The number of carbonyl (C=O) groups excluding carboxylic acids is 3. The highest BCUT2D eigenvalue weighted by atomic mass is 16.2. The van der Waals surface area contributed by atoms with Crippen LogP contribution in [0.5, 0.6) is 0 Å². The molecule has 16 heavy (non-hydrogen) atoms. The SMILES string of the molecule is CCCC(=O)NC(C)(C)C(C(C)=O)C(C)=O. The summed E-state index contributed by atoms with van der Waals surface area (Å²) in [5, 5.41) is 2.74. The fourth-order valence-corrected chi connectivity index (χ4v) is 2.02. The van der Waals surface area contributed by atoms with Crippen molar-refractivity contribution >= 4 is 17.5 Å². The fourth-order valence-electron chi connectivity index (χ4n) is 2.02. The average molecular weight is 227 g/mol. The van der Waals surface area contributed by atoms with E-state index >= 15 is 0 Å². The highest BCUT2D eigenvalue weighted by Gasteiger charge is 2.37. The van der Waals surface area contributed by atoms with Gasteiger partial charge in [-0.3, -0.25) is 14.4 Å². The number of carbonyl (C=O) groups is 3. The summed E-state index contributed by atoms with van der Waals surface area (Å²) in [5.41, 5.74) is -0.816. The Kier molecular flexibility index (Phi) is 5.35. The first-order valence-electron chi connectivity index (χ1n) is 5.54. The zero-order valence-electron chi connectivity index (χ0n) is 10.7. The average Bonchev–Trinajstić information content (AvgIpc) is 1.99. The van der Waals surface area contributed by atoms with E-state index < -0.39 is 11.5 Å². The van der Waals surface area contributed by atoms with Gasteiger partial charge in [0.2, 0.25) is 5.91 Å². The van der Waals surface area contributed by atoms with Crippen LogP contribution in [0.2, 0.25) is 0 Å². The van der Waals surface area contributed by atoms with Crippen molar-refractivity contribution < 1.29 is 14.4 Å². The summed E-state index contributed by atoms with van der Waals surface area (Å²) in [6.45, 7) is 8.06. The first kappa shape index (κ1) is 14.8. The minimum absolute atomic E-state index is 0.125. The number of amides is 1. The zero-order valence-corrected chi connectivity index (χ0v) is 10.7. The largest absolute Gasteiger partial charge is 0.350 e. The molecule has 0 unspecified atom stereocenters. The van der Waals surface area contributed by atoms with E-state index in [4.69, 9.17) is 0 Å². The lowest BCUT2D eigenvalue weighted by molar-refractivity contribution is -0.134. The fraction of sp³-hybridized carbons (Fsp3) is 0.750. The Bertz CT molecular complexity index is 281. The topological polar surface area (TPSA) is 63.2 Å².